The fourth-order valence-electron chi connectivity index (χ4n) is 1.89. The molecule has 0 spiro atoms. The van der Waals surface area contributed by atoms with Crippen LogP contribution in [0.5, 0.6) is 0 Å². The van der Waals surface area contributed by atoms with Crippen LogP contribution in [0, 0.1) is 5.92 Å². The van der Waals surface area contributed by atoms with Crippen LogP contribution >= 0.6 is 0 Å². The molecule has 2 rings (SSSR count). The Kier molecular flexibility index (Phi) is 4.92. The lowest BCUT2D eigenvalue weighted by atomic mass is 10.1. The van der Waals surface area contributed by atoms with Gasteiger partial charge in [0.2, 0.25) is 10.0 Å². The summed E-state index contributed by atoms with van der Waals surface area (Å²) in [5, 5.41) is 12.7. The standard InChI is InChI=1S/C11H19N3O4S/c15-4-1-3-14-8-11(7-12-14)19(16,17)13-6-10-2-5-18-9-10/h7-8,10,13,15H,1-6,9H2. The third-order valence-electron chi connectivity index (χ3n) is 3.05. The van der Waals surface area contributed by atoms with Crippen LogP contribution in [0.3, 0.4) is 0 Å². The Morgan fingerprint density at radius 3 is 3.11 bits per heavy atom. The van der Waals surface area contributed by atoms with Gasteiger partial charge in [-0.15, -0.1) is 0 Å². The van der Waals surface area contributed by atoms with Gasteiger partial charge in [-0.1, -0.05) is 0 Å². The Morgan fingerprint density at radius 1 is 1.58 bits per heavy atom. The van der Waals surface area contributed by atoms with E-state index in [9.17, 15) is 8.42 Å². The summed E-state index contributed by atoms with van der Waals surface area (Å²) >= 11 is 0. The number of ether oxygens (including phenoxy) is 1. The summed E-state index contributed by atoms with van der Waals surface area (Å²) in [5.41, 5.74) is 0. The maximum absolute atomic E-state index is 12.0. The molecule has 2 N–H and O–H groups in total. The largest absolute Gasteiger partial charge is 0.396 e. The summed E-state index contributed by atoms with van der Waals surface area (Å²) in [6.07, 6.45) is 4.24. The minimum absolute atomic E-state index is 0.0574. The molecule has 7 nitrogen and oxygen atoms in total. The molecule has 1 aromatic rings. The van der Waals surface area contributed by atoms with Crippen LogP contribution in [0.1, 0.15) is 12.8 Å². The highest BCUT2D eigenvalue weighted by molar-refractivity contribution is 7.89. The highest BCUT2D eigenvalue weighted by atomic mass is 32.2. The molecule has 1 fully saturated rings. The lowest BCUT2D eigenvalue weighted by Gasteiger charge is -2.08. The number of aliphatic hydroxyl groups excluding tert-OH is 1. The van der Waals surface area contributed by atoms with Crippen LogP contribution < -0.4 is 4.72 Å². The van der Waals surface area contributed by atoms with Gasteiger partial charge in [0.1, 0.15) is 4.90 Å². The fourth-order valence-corrected chi connectivity index (χ4v) is 2.96. The lowest BCUT2D eigenvalue weighted by molar-refractivity contribution is 0.186. The molecule has 108 valence electrons. The molecule has 1 aromatic heterocycles. The third kappa shape index (κ3) is 4.00. The normalized spacial score (nSPS) is 19.9. The molecule has 0 radical (unpaired) electrons. The van der Waals surface area contributed by atoms with Gasteiger partial charge in [0.25, 0.3) is 0 Å². The van der Waals surface area contributed by atoms with Gasteiger partial charge in [0.05, 0.1) is 12.8 Å². The van der Waals surface area contributed by atoms with Crippen molar-refractivity contribution in [3.63, 3.8) is 0 Å². The first-order chi connectivity index (χ1) is 9.12. The zero-order valence-corrected chi connectivity index (χ0v) is 11.5. The summed E-state index contributed by atoms with van der Waals surface area (Å²) in [6, 6.07) is 0. The Labute approximate surface area is 112 Å². The van der Waals surface area contributed by atoms with Crippen LogP contribution in [0.15, 0.2) is 17.3 Å². The Hall–Kier alpha value is -0.960. The van der Waals surface area contributed by atoms with Crippen molar-refractivity contribution in [1.82, 2.24) is 14.5 Å². The van der Waals surface area contributed by atoms with Crippen molar-refractivity contribution in [2.45, 2.75) is 24.3 Å². The first kappa shape index (κ1) is 14.4. The minimum Gasteiger partial charge on any atom is -0.396 e. The van der Waals surface area contributed by atoms with Crippen molar-refractivity contribution in [2.75, 3.05) is 26.4 Å². The predicted molar refractivity (Wildman–Crippen MR) is 68.0 cm³/mol. The van der Waals surface area contributed by atoms with E-state index in [1.807, 2.05) is 0 Å². The van der Waals surface area contributed by atoms with Crippen molar-refractivity contribution in [2.24, 2.45) is 5.92 Å². The lowest BCUT2D eigenvalue weighted by Crippen LogP contribution is -2.29. The first-order valence-corrected chi connectivity index (χ1v) is 7.81. The van der Waals surface area contributed by atoms with E-state index in [1.54, 1.807) is 0 Å². The number of hydrogen-bond donors (Lipinski definition) is 2. The Bertz CT molecular complexity index is 494. The van der Waals surface area contributed by atoms with E-state index in [0.717, 1.165) is 6.42 Å². The average Bonchev–Trinajstić information content (AvgIpc) is 3.05. The third-order valence-corrected chi connectivity index (χ3v) is 4.43. The zero-order chi connectivity index (χ0) is 13.7. The van der Waals surface area contributed by atoms with Crippen LogP contribution in [-0.2, 0) is 21.3 Å². The van der Waals surface area contributed by atoms with Crippen molar-refractivity contribution in [1.29, 1.82) is 0 Å². The molecule has 0 bridgehead atoms. The number of aryl methyl sites for hydroxylation is 1. The summed E-state index contributed by atoms with van der Waals surface area (Å²) < 4.78 is 33.3. The van der Waals surface area contributed by atoms with E-state index < -0.39 is 10.0 Å². The molecule has 0 amide bonds. The molecule has 1 aliphatic rings. The number of aliphatic hydroxyl groups is 1. The molecular weight excluding hydrogens is 270 g/mol. The highest BCUT2D eigenvalue weighted by Crippen LogP contribution is 2.13. The second kappa shape index (κ2) is 6.47. The maximum Gasteiger partial charge on any atom is 0.243 e. The van der Waals surface area contributed by atoms with Gasteiger partial charge in [-0.2, -0.15) is 5.10 Å². The number of sulfonamides is 1. The number of nitrogens with zero attached hydrogens (tertiary/aromatic N) is 2. The monoisotopic (exact) mass is 289 g/mol. The summed E-state index contributed by atoms with van der Waals surface area (Å²) in [6.45, 7) is 2.26. The number of nitrogens with one attached hydrogen (secondary N) is 1. The molecule has 2 heterocycles. The van der Waals surface area contributed by atoms with E-state index in [1.165, 1.54) is 17.1 Å². The quantitative estimate of drug-likeness (QED) is 0.711. The molecule has 1 aliphatic heterocycles. The number of hydrogen-bond acceptors (Lipinski definition) is 5. The molecule has 0 aromatic carbocycles. The van der Waals surface area contributed by atoms with Crippen LogP contribution in [-0.4, -0.2) is 49.7 Å². The number of rotatable bonds is 7. The van der Waals surface area contributed by atoms with Crippen molar-refractivity contribution in [3.8, 4) is 0 Å². The second-order valence-corrected chi connectivity index (χ2v) is 6.36. The molecule has 0 saturated carbocycles. The SMILES string of the molecule is O=S(=O)(NCC1CCOC1)c1cnn(CCCO)c1. The van der Waals surface area contributed by atoms with E-state index in [4.69, 9.17) is 9.84 Å². The van der Waals surface area contributed by atoms with Crippen molar-refractivity contribution >= 4 is 10.0 Å². The second-order valence-electron chi connectivity index (χ2n) is 4.60. The first-order valence-electron chi connectivity index (χ1n) is 6.32. The van der Waals surface area contributed by atoms with E-state index in [-0.39, 0.29) is 17.4 Å². The molecule has 19 heavy (non-hydrogen) atoms. The van der Waals surface area contributed by atoms with Gasteiger partial charge in [0, 0.05) is 32.5 Å². The summed E-state index contributed by atoms with van der Waals surface area (Å²) in [5.74, 6) is 0.249. The predicted octanol–water partition coefficient (Wildman–Crippen LogP) is -0.420. The minimum atomic E-state index is -3.50. The molecule has 1 unspecified atom stereocenters. The van der Waals surface area contributed by atoms with Gasteiger partial charge in [-0.25, -0.2) is 13.1 Å². The van der Waals surface area contributed by atoms with Gasteiger partial charge < -0.3 is 9.84 Å². The van der Waals surface area contributed by atoms with Crippen molar-refractivity contribution in [3.05, 3.63) is 12.4 Å². The number of aromatic nitrogens is 2. The summed E-state index contributed by atoms with van der Waals surface area (Å²) in [7, 11) is -3.50. The summed E-state index contributed by atoms with van der Waals surface area (Å²) in [4.78, 5) is 0.157. The van der Waals surface area contributed by atoms with Gasteiger partial charge in [-0.3, -0.25) is 4.68 Å². The van der Waals surface area contributed by atoms with E-state index in [2.05, 4.69) is 9.82 Å². The highest BCUT2D eigenvalue weighted by Gasteiger charge is 2.21. The molecule has 0 aliphatic carbocycles. The van der Waals surface area contributed by atoms with Gasteiger partial charge in [-0.05, 0) is 18.8 Å². The van der Waals surface area contributed by atoms with Crippen LogP contribution in [0.2, 0.25) is 0 Å². The van der Waals surface area contributed by atoms with Crippen LogP contribution in [0.25, 0.3) is 0 Å². The van der Waals surface area contributed by atoms with E-state index in [0.29, 0.717) is 32.7 Å². The Balaban J connectivity index is 1.92. The molecule has 1 saturated heterocycles. The van der Waals surface area contributed by atoms with Gasteiger partial charge >= 0.3 is 0 Å². The van der Waals surface area contributed by atoms with Crippen LogP contribution in [0.4, 0.5) is 0 Å². The Morgan fingerprint density at radius 2 is 2.42 bits per heavy atom. The smallest absolute Gasteiger partial charge is 0.243 e. The molecular formula is C11H19N3O4S. The van der Waals surface area contributed by atoms with Gasteiger partial charge in [0.15, 0.2) is 0 Å². The van der Waals surface area contributed by atoms with Crippen molar-refractivity contribution < 1.29 is 18.3 Å². The topological polar surface area (TPSA) is 93.5 Å². The zero-order valence-electron chi connectivity index (χ0n) is 10.7. The average molecular weight is 289 g/mol. The fraction of sp³-hybridized carbons (Fsp3) is 0.727. The maximum atomic E-state index is 12.0. The van der Waals surface area contributed by atoms with E-state index >= 15 is 0 Å². The molecule has 8 heteroatoms. The molecule has 1 atom stereocenters.